The van der Waals surface area contributed by atoms with Gasteiger partial charge in [-0.1, -0.05) is 31.2 Å². The minimum absolute atomic E-state index is 0.00514. The van der Waals surface area contributed by atoms with Gasteiger partial charge in [0.25, 0.3) is 5.56 Å². The number of para-hydroxylation sites is 1. The quantitative estimate of drug-likeness (QED) is 0.354. The molecule has 5 rings (SSSR count). The van der Waals surface area contributed by atoms with Gasteiger partial charge in [0.05, 0.1) is 17.3 Å². The Morgan fingerprint density at radius 2 is 1.91 bits per heavy atom. The van der Waals surface area contributed by atoms with E-state index in [4.69, 9.17) is 12.2 Å². The first kappa shape index (κ1) is 22.4. The zero-order valence-corrected chi connectivity index (χ0v) is 18.9. The highest BCUT2D eigenvalue weighted by Crippen LogP contribution is 2.40. The largest absolute Gasteiger partial charge is 0.494 e. The van der Waals surface area contributed by atoms with E-state index in [9.17, 15) is 23.1 Å². The summed E-state index contributed by atoms with van der Waals surface area (Å²) in [6.07, 6.45) is -3.81. The molecule has 1 atom stereocenters. The smallest absolute Gasteiger partial charge is 0.416 e. The number of aromatic amines is 2. The summed E-state index contributed by atoms with van der Waals surface area (Å²) in [4.78, 5) is 21.1. The van der Waals surface area contributed by atoms with Crippen molar-refractivity contribution in [3.05, 3.63) is 86.0 Å². The first-order valence-electron chi connectivity index (χ1n) is 10.8. The summed E-state index contributed by atoms with van der Waals surface area (Å²) in [6.45, 7) is 3.19. The predicted molar refractivity (Wildman–Crippen MR) is 125 cm³/mol. The van der Waals surface area contributed by atoms with Crippen molar-refractivity contribution < 1.29 is 18.3 Å². The van der Waals surface area contributed by atoms with Crippen molar-refractivity contribution in [2.24, 2.45) is 0 Å². The van der Waals surface area contributed by atoms with E-state index in [2.05, 4.69) is 9.97 Å². The van der Waals surface area contributed by atoms with Crippen LogP contribution in [-0.4, -0.2) is 37.6 Å². The molecule has 3 N–H and O–H groups in total. The molecule has 6 nitrogen and oxygen atoms in total. The third kappa shape index (κ3) is 3.54. The van der Waals surface area contributed by atoms with Gasteiger partial charge in [0.15, 0.2) is 4.77 Å². The number of alkyl halides is 3. The topological polar surface area (TPSA) is 77.1 Å². The van der Waals surface area contributed by atoms with Crippen LogP contribution in [0.1, 0.15) is 35.3 Å². The molecule has 0 fully saturated rings. The number of likely N-dealkylation sites (N-methyl/N-ethyl adjacent to an activating group) is 1. The summed E-state index contributed by atoms with van der Waals surface area (Å²) >= 11 is 5.24. The molecular weight excluding hydrogens is 465 g/mol. The molecule has 176 valence electrons. The lowest BCUT2D eigenvalue weighted by atomic mass is 9.93. The van der Waals surface area contributed by atoms with E-state index in [1.54, 1.807) is 0 Å². The third-order valence-corrected chi connectivity index (χ3v) is 6.65. The molecule has 2 aromatic heterocycles. The van der Waals surface area contributed by atoms with Gasteiger partial charge in [-0.25, -0.2) is 0 Å². The SMILES string of the molecule is CCN1CCc2c([nH]c3ccccc23)C1c1c(O)n(-c2cccc(C(F)(F)F)c2)c(=S)[nH]c1=O. The Bertz CT molecular complexity index is 1520. The second-order valence-electron chi connectivity index (χ2n) is 8.22. The van der Waals surface area contributed by atoms with Crippen LogP contribution in [0.3, 0.4) is 0 Å². The van der Waals surface area contributed by atoms with Crippen LogP contribution in [0.2, 0.25) is 0 Å². The lowest BCUT2D eigenvalue weighted by molar-refractivity contribution is -0.137. The van der Waals surface area contributed by atoms with Gasteiger partial charge >= 0.3 is 6.18 Å². The van der Waals surface area contributed by atoms with E-state index in [0.29, 0.717) is 13.1 Å². The van der Waals surface area contributed by atoms with Gasteiger partial charge < -0.3 is 10.1 Å². The summed E-state index contributed by atoms with van der Waals surface area (Å²) in [5.74, 6) is -0.483. The molecule has 3 heterocycles. The second kappa shape index (κ2) is 8.14. The number of fused-ring (bicyclic) bond motifs is 3. The van der Waals surface area contributed by atoms with Gasteiger partial charge in [-0.15, -0.1) is 0 Å². The Morgan fingerprint density at radius 1 is 1.15 bits per heavy atom. The molecular formula is C24H21F3N4O2S. The lowest BCUT2D eigenvalue weighted by Crippen LogP contribution is -2.39. The van der Waals surface area contributed by atoms with Gasteiger partial charge in [0.1, 0.15) is 5.56 Å². The highest BCUT2D eigenvalue weighted by Gasteiger charge is 2.36. The van der Waals surface area contributed by atoms with E-state index in [0.717, 1.165) is 45.3 Å². The summed E-state index contributed by atoms with van der Waals surface area (Å²) < 4.78 is 40.8. The van der Waals surface area contributed by atoms with Crippen molar-refractivity contribution in [3.63, 3.8) is 0 Å². The number of hydrogen-bond donors (Lipinski definition) is 3. The van der Waals surface area contributed by atoms with Crippen molar-refractivity contribution in [2.45, 2.75) is 25.6 Å². The molecule has 0 radical (unpaired) electrons. The Kier molecular flexibility index (Phi) is 5.37. The fourth-order valence-corrected chi connectivity index (χ4v) is 5.09. The molecule has 2 aromatic carbocycles. The van der Waals surface area contributed by atoms with Crippen LogP contribution in [0.15, 0.2) is 53.3 Å². The first-order chi connectivity index (χ1) is 16.2. The van der Waals surface area contributed by atoms with Gasteiger partial charge in [-0.2, -0.15) is 13.2 Å². The molecule has 1 unspecified atom stereocenters. The highest BCUT2D eigenvalue weighted by molar-refractivity contribution is 7.71. The highest BCUT2D eigenvalue weighted by atomic mass is 32.1. The number of benzene rings is 2. The van der Waals surface area contributed by atoms with Crippen LogP contribution < -0.4 is 5.56 Å². The van der Waals surface area contributed by atoms with Gasteiger partial charge in [0.2, 0.25) is 5.88 Å². The van der Waals surface area contributed by atoms with Crippen molar-refractivity contribution in [1.29, 1.82) is 0 Å². The molecule has 1 aliphatic heterocycles. The molecule has 0 saturated heterocycles. The summed E-state index contributed by atoms with van der Waals surface area (Å²) in [5, 5.41) is 12.4. The minimum Gasteiger partial charge on any atom is -0.494 e. The maximum absolute atomic E-state index is 13.3. The molecule has 0 spiro atoms. The zero-order valence-electron chi connectivity index (χ0n) is 18.1. The summed E-state index contributed by atoms with van der Waals surface area (Å²) in [7, 11) is 0. The number of H-pyrrole nitrogens is 2. The van der Waals surface area contributed by atoms with Crippen LogP contribution in [0, 0.1) is 4.77 Å². The number of rotatable bonds is 3. The Hall–Kier alpha value is -3.37. The molecule has 4 aromatic rings. The Morgan fingerprint density at radius 3 is 2.65 bits per heavy atom. The molecule has 34 heavy (non-hydrogen) atoms. The number of nitrogens with zero attached hydrogens (tertiary/aromatic N) is 2. The van der Waals surface area contributed by atoms with E-state index >= 15 is 0 Å². The van der Waals surface area contributed by atoms with Crippen molar-refractivity contribution in [2.75, 3.05) is 13.1 Å². The second-order valence-corrected chi connectivity index (χ2v) is 8.61. The van der Waals surface area contributed by atoms with Gasteiger partial charge in [-0.05, 0) is 55.0 Å². The summed E-state index contributed by atoms with van der Waals surface area (Å²) in [5.41, 5.74) is 1.31. The van der Waals surface area contributed by atoms with Crippen LogP contribution in [-0.2, 0) is 12.6 Å². The molecule has 0 bridgehead atoms. The fraction of sp³-hybridized carbons (Fsp3) is 0.250. The first-order valence-corrected chi connectivity index (χ1v) is 11.2. The predicted octanol–water partition coefficient (Wildman–Crippen LogP) is 5.07. The maximum Gasteiger partial charge on any atom is 0.416 e. The number of aromatic nitrogens is 3. The van der Waals surface area contributed by atoms with Crippen molar-refractivity contribution >= 4 is 23.1 Å². The van der Waals surface area contributed by atoms with E-state index in [1.807, 2.05) is 36.1 Å². The van der Waals surface area contributed by atoms with Crippen LogP contribution in [0.4, 0.5) is 13.2 Å². The van der Waals surface area contributed by atoms with E-state index < -0.39 is 29.2 Å². The monoisotopic (exact) mass is 486 g/mol. The van der Waals surface area contributed by atoms with E-state index in [-0.39, 0.29) is 16.0 Å². The van der Waals surface area contributed by atoms with Crippen LogP contribution in [0.5, 0.6) is 5.88 Å². The minimum atomic E-state index is -4.57. The number of nitrogens with one attached hydrogen (secondary N) is 2. The molecule has 0 amide bonds. The summed E-state index contributed by atoms with van der Waals surface area (Å²) in [6, 6.07) is 11.6. The molecule has 10 heteroatoms. The third-order valence-electron chi connectivity index (χ3n) is 6.37. The molecule has 0 aliphatic carbocycles. The Balaban J connectivity index is 1.76. The number of hydrogen-bond acceptors (Lipinski definition) is 4. The zero-order chi connectivity index (χ0) is 24.2. The molecule has 1 aliphatic rings. The van der Waals surface area contributed by atoms with Crippen LogP contribution in [0.25, 0.3) is 16.6 Å². The van der Waals surface area contributed by atoms with Crippen LogP contribution >= 0.6 is 12.2 Å². The van der Waals surface area contributed by atoms with Crippen molar-refractivity contribution in [3.8, 4) is 11.6 Å². The normalized spacial score (nSPS) is 16.6. The van der Waals surface area contributed by atoms with Gasteiger partial charge in [-0.3, -0.25) is 19.2 Å². The fourth-order valence-electron chi connectivity index (χ4n) is 4.80. The molecule has 0 saturated carbocycles. The Labute approximate surface area is 197 Å². The number of aromatic hydroxyl groups is 1. The average molecular weight is 487 g/mol. The van der Waals surface area contributed by atoms with Gasteiger partial charge in [0, 0.05) is 23.1 Å². The lowest BCUT2D eigenvalue weighted by Gasteiger charge is -2.35. The van der Waals surface area contributed by atoms with Crippen molar-refractivity contribution in [1.82, 2.24) is 19.4 Å². The maximum atomic E-state index is 13.3. The van der Waals surface area contributed by atoms with E-state index in [1.165, 1.54) is 12.1 Å². The number of halogens is 3. The average Bonchev–Trinajstić information content (AvgIpc) is 3.17. The standard InChI is InChI=1S/C24H21F3N4O2S/c1-2-30-11-10-16-15-8-3-4-9-17(15)28-19(16)20(30)18-21(32)29-23(34)31(22(18)33)14-7-5-6-13(12-14)24(25,26)27/h3-9,12,20,28,33H,2,10-11H2,1H3,(H,29,32,34).